The summed E-state index contributed by atoms with van der Waals surface area (Å²) in [5.74, 6) is 0.669. The predicted molar refractivity (Wildman–Crippen MR) is 93.9 cm³/mol. The van der Waals surface area contributed by atoms with E-state index in [1.165, 1.54) is 4.31 Å². The second-order valence-electron chi connectivity index (χ2n) is 6.09. The summed E-state index contributed by atoms with van der Waals surface area (Å²) < 4.78 is 38.5. The van der Waals surface area contributed by atoms with E-state index >= 15 is 0 Å². The van der Waals surface area contributed by atoms with Crippen molar-refractivity contribution in [2.45, 2.75) is 30.3 Å². The molecule has 5 nitrogen and oxygen atoms in total. The van der Waals surface area contributed by atoms with E-state index in [4.69, 9.17) is 9.47 Å². The number of rotatable bonds is 5. The van der Waals surface area contributed by atoms with Gasteiger partial charge in [-0.25, -0.2) is 8.42 Å². The molecular formula is C18H23NO4S. The molecule has 0 radical (unpaired) electrons. The molecule has 3 rings (SSSR count). The number of sulfonamides is 1. The van der Waals surface area contributed by atoms with E-state index in [1.54, 1.807) is 26.3 Å². The molecule has 2 aromatic rings. The van der Waals surface area contributed by atoms with Crippen LogP contribution in [0.3, 0.4) is 0 Å². The third kappa shape index (κ3) is 3.27. The minimum Gasteiger partial charge on any atom is -0.496 e. The van der Waals surface area contributed by atoms with Crippen LogP contribution in [0.1, 0.15) is 19.3 Å². The molecule has 6 heteroatoms. The van der Waals surface area contributed by atoms with E-state index in [0.29, 0.717) is 29.2 Å². The van der Waals surface area contributed by atoms with Gasteiger partial charge >= 0.3 is 0 Å². The summed E-state index contributed by atoms with van der Waals surface area (Å²) in [4.78, 5) is 0.303. The lowest BCUT2D eigenvalue weighted by Crippen LogP contribution is -2.37. The Morgan fingerprint density at radius 2 is 1.92 bits per heavy atom. The quantitative estimate of drug-likeness (QED) is 0.832. The maximum atomic E-state index is 13.0. The zero-order valence-corrected chi connectivity index (χ0v) is 14.9. The van der Waals surface area contributed by atoms with Gasteiger partial charge in [0.05, 0.1) is 18.1 Å². The summed E-state index contributed by atoms with van der Waals surface area (Å²) in [7, 11) is -0.389. The number of nitrogens with zero attached hydrogens (tertiary/aromatic N) is 1. The van der Waals surface area contributed by atoms with Crippen LogP contribution < -0.4 is 4.74 Å². The molecule has 0 spiro atoms. The molecule has 0 N–H and O–H groups in total. The number of benzene rings is 2. The highest BCUT2D eigenvalue weighted by Gasteiger charge is 2.27. The SMILES string of the molecule is COc1ccc(S(=O)(=O)N(C)CC2CCCCO2)c2ccccc12. The standard InChI is InChI=1S/C18H23NO4S/c1-19(13-14-7-5-6-12-23-14)24(20,21)18-11-10-17(22-2)15-8-3-4-9-16(15)18/h3-4,8-11,14H,5-7,12-13H2,1-2H3. The summed E-state index contributed by atoms with van der Waals surface area (Å²) in [5, 5.41) is 1.47. The second-order valence-corrected chi connectivity index (χ2v) is 8.10. The Balaban J connectivity index is 1.96. The molecule has 1 atom stereocenters. The number of ether oxygens (including phenoxy) is 2. The Labute approximate surface area is 143 Å². The summed E-state index contributed by atoms with van der Waals surface area (Å²) >= 11 is 0. The van der Waals surface area contributed by atoms with Crippen molar-refractivity contribution in [1.29, 1.82) is 0 Å². The molecule has 1 unspecified atom stereocenters. The van der Waals surface area contributed by atoms with Crippen molar-refractivity contribution in [2.75, 3.05) is 27.3 Å². The first-order chi connectivity index (χ1) is 11.5. The maximum Gasteiger partial charge on any atom is 0.243 e. The van der Waals surface area contributed by atoms with E-state index in [2.05, 4.69) is 0 Å². The van der Waals surface area contributed by atoms with Gasteiger partial charge in [-0.3, -0.25) is 0 Å². The molecule has 1 fully saturated rings. The van der Waals surface area contributed by atoms with Gasteiger partial charge in [-0.2, -0.15) is 4.31 Å². The van der Waals surface area contributed by atoms with Crippen molar-refractivity contribution in [2.24, 2.45) is 0 Å². The van der Waals surface area contributed by atoms with Crippen LogP contribution in [0.15, 0.2) is 41.3 Å². The number of methoxy groups -OCH3 is 1. The lowest BCUT2D eigenvalue weighted by atomic mass is 10.1. The zero-order valence-electron chi connectivity index (χ0n) is 14.1. The molecule has 1 saturated heterocycles. The topological polar surface area (TPSA) is 55.8 Å². The van der Waals surface area contributed by atoms with Gasteiger partial charge in [0.25, 0.3) is 0 Å². The Morgan fingerprint density at radius 3 is 2.58 bits per heavy atom. The van der Waals surface area contributed by atoms with Crippen LogP contribution in [0.4, 0.5) is 0 Å². The first kappa shape index (κ1) is 17.2. The Kier molecular flexibility index (Phi) is 5.08. The van der Waals surface area contributed by atoms with Crippen LogP contribution in [0.2, 0.25) is 0 Å². The van der Waals surface area contributed by atoms with E-state index in [-0.39, 0.29) is 6.10 Å². The normalized spacial score (nSPS) is 18.9. The lowest BCUT2D eigenvalue weighted by molar-refractivity contribution is 0.00859. The number of likely N-dealkylation sites (N-methyl/N-ethyl adjacent to an activating group) is 1. The van der Waals surface area contributed by atoms with Gasteiger partial charge in [0, 0.05) is 31.0 Å². The highest BCUT2D eigenvalue weighted by atomic mass is 32.2. The molecule has 2 aromatic carbocycles. The summed E-state index contributed by atoms with van der Waals surface area (Å²) in [6, 6.07) is 10.7. The highest BCUT2D eigenvalue weighted by molar-refractivity contribution is 7.89. The van der Waals surface area contributed by atoms with Crippen molar-refractivity contribution >= 4 is 20.8 Å². The van der Waals surface area contributed by atoms with Crippen LogP contribution in [0, 0.1) is 0 Å². The highest BCUT2D eigenvalue weighted by Crippen LogP contribution is 2.32. The largest absolute Gasteiger partial charge is 0.496 e. The van der Waals surface area contributed by atoms with Gasteiger partial charge in [0.2, 0.25) is 10.0 Å². The molecule has 0 saturated carbocycles. The third-order valence-electron chi connectivity index (χ3n) is 4.49. The molecule has 0 aromatic heterocycles. The summed E-state index contributed by atoms with van der Waals surface area (Å²) in [5.41, 5.74) is 0. The zero-order chi connectivity index (χ0) is 17.2. The fourth-order valence-electron chi connectivity index (χ4n) is 3.15. The van der Waals surface area contributed by atoms with Gasteiger partial charge in [-0.15, -0.1) is 0 Å². The lowest BCUT2D eigenvalue weighted by Gasteiger charge is -2.27. The fourth-order valence-corrected chi connectivity index (χ4v) is 4.55. The van der Waals surface area contributed by atoms with Gasteiger partial charge in [-0.1, -0.05) is 24.3 Å². The van der Waals surface area contributed by atoms with E-state index in [9.17, 15) is 8.42 Å². The van der Waals surface area contributed by atoms with Gasteiger partial charge in [-0.05, 0) is 31.4 Å². The molecule has 24 heavy (non-hydrogen) atoms. The van der Waals surface area contributed by atoms with Crippen LogP contribution in [0.25, 0.3) is 10.8 Å². The van der Waals surface area contributed by atoms with Crippen molar-refractivity contribution in [3.8, 4) is 5.75 Å². The van der Waals surface area contributed by atoms with Crippen LogP contribution in [-0.2, 0) is 14.8 Å². The average molecular weight is 349 g/mol. The number of fused-ring (bicyclic) bond motifs is 1. The van der Waals surface area contributed by atoms with E-state index in [1.807, 2.05) is 24.3 Å². The maximum absolute atomic E-state index is 13.0. The molecule has 0 amide bonds. The van der Waals surface area contributed by atoms with E-state index in [0.717, 1.165) is 24.6 Å². The minimum atomic E-state index is -3.59. The van der Waals surface area contributed by atoms with Crippen molar-refractivity contribution < 1.29 is 17.9 Å². The monoisotopic (exact) mass is 349 g/mol. The molecule has 0 bridgehead atoms. The summed E-state index contributed by atoms with van der Waals surface area (Å²) in [6.45, 7) is 1.09. The fraction of sp³-hybridized carbons (Fsp3) is 0.444. The third-order valence-corrected chi connectivity index (χ3v) is 6.37. The van der Waals surface area contributed by atoms with Gasteiger partial charge in [0.15, 0.2) is 0 Å². The van der Waals surface area contributed by atoms with Gasteiger partial charge < -0.3 is 9.47 Å². The smallest absolute Gasteiger partial charge is 0.243 e. The number of hydrogen-bond donors (Lipinski definition) is 0. The summed E-state index contributed by atoms with van der Waals surface area (Å²) in [6.07, 6.45) is 3.02. The average Bonchev–Trinajstić information content (AvgIpc) is 2.61. The molecular weight excluding hydrogens is 326 g/mol. The van der Waals surface area contributed by atoms with Crippen molar-refractivity contribution in [3.63, 3.8) is 0 Å². The van der Waals surface area contributed by atoms with Crippen LogP contribution in [-0.4, -0.2) is 46.1 Å². The first-order valence-electron chi connectivity index (χ1n) is 8.17. The van der Waals surface area contributed by atoms with Crippen molar-refractivity contribution in [3.05, 3.63) is 36.4 Å². The second kappa shape index (κ2) is 7.09. The Morgan fingerprint density at radius 1 is 1.17 bits per heavy atom. The first-order valence-corrected chi connectivity index (χ1v) is 9.61. The molecule has 1 aliphatic heterocycles. The molecule has 1 heterocycles. The van der Waals surface area contributed by atoms with E-state index < -0.39 is 10.0 Å². The van der Waals surface area contributed by atoms with Crippen LogP contribution in [0.5, 0.6) is 5.75 Å². The predicted octanol–water partition coefficient (Wildman–Crippen LogP) is 3.04. The van der Waals surface area contributed by atoms with Crippen LogP contribution >= 0.6 is 0 Å². The molecule has 0 aliphatic carbocycles. The van der Waals surface area contributed by atoms with Gasteiger partial charge in [0.1, 0.15) is 5.75 Å². The Bertz CT molecular complexity index is 813. The molecule has 130 valence electrons. The number of hydrogen-bond acceptors (Lipinski definition) is 4. The van der Waals surface area contributed by atoms with Crippen molar-refractivity contribution in [1.82, 2.24) is 4.31 Å². The molecule has 1 aliphatic rings. The minimum absolute atomic E-state index is 0.0250. The Hall–Kier alpha value is -1.63.